The molecule has 7 nitrogen and oxygen atoms in total. The minimum absolute atomic E-state index is 0.119. The van der Waals surface area contributed by atoms with Gasteiger partial charge in [-0.2, -0.15) is 0 Å². The van der Waals surface area contributed by atoms with Crippen molar-refractivity contribution in [3.05, 3.63) is 32.8 Å². The van der Waals surface area contributed by atoms with Gasteiger partial charge < -0.3 is 10.4 Å². The first-order valence-corrected chi connectivity index (χ1v) is 6.65. The summed E-state index contributed by atoms with van der Waals surface area (Å²) in [7, 11) is 0. The first-order valence-electron chi connectivity index (χ1n) is 5.85. The SMILES string of the molecule is O=C(O)C1(C(=O)Nc2ccc([N+](=O)[O-])cc2Br)CCC1. The number of carbonyl (C=O) groups excluding carboxylic acids is 1. The lowest BCUT2D eigenvalue weighted by atomic mass is 9.68. The Morgan fingerprint density at radius 3 is 2.45 bits per heavy atom. The van der Waals surface area contributed by atoms with Gasteiger partial charge in [0.05, 0.1) is 10.6 Å². The number of carbonyl (C=O) groups is 2. The first kappa shape index (κ1) is 14.4. The molecule has 1 fully saturated rings. The van der Waals surface area contributed by atoms with Gasteiger partial charge in [0.25, 0.3) is 5.69 Å². The van der Waals surface area contributed by atoms with Crippen LogP contribution in [0.15, 0.2) is 22.7 Å². The number of hydrogen-bond acceptors (Lipinski definition) is 4. The van der Waals surface area contributed by atoms with Gasteiger partial charge in [-0.1, -0.05) is 6.42 Å². The highest BCUT2D eigenvalue weighted by Gasteiger charge is 2.51. The number of nitrogens with zero attached hydrogens (tertiary/aromatic N) is 1. The topological polar surface area (TPSA) is 110 Å². The summed E-state index contributed by atoms with van der Waals surface area (Å²) in [4.78, 5) is 33.3. The number of nitrogens with one attached hydrogen (secondary N) is 1. The lowest BCUT2D eigenvalue weighted by molar-refractivity contribution is -0.384. The van der Waals surface area contributed by atoms with Crippen LogP contribution in [0.5, 0.6) is 0 Å². The van der Waals surface area contributed by atoms with Crippen molar-refractivity contribution in [1.82, 2.24) is 0 Å². The van der Waals surface area contributed by atoms with Crippen LogP contribution in [0.2, 0.25) is 0 Å². The van der Waals surface area contributed by atoms with Gasteiger partial charge in [0.2, 0.25) is 5.91 Å². The predicted octanol–water partition coefficient (Wildman–Crippen LogP) is 2.55. The van der Waals surface area contributed by atoms with E-state index in [1.807, 2.05) is 0 Å². The summed E-state index contributed by atoms with van der Waals surface area (Å²) < 4.78 is 0.333. The van der Waals surface area contributed by atoms with Gasteiger partial charge in [-0.05, 0) is 34.8 Å². The highest BCUT2D eigenvalue weighted by atomic mass is 79.9. The van der Waals surface area contributed by atoms with Crippen molar-refractivity contribution in [2.75, 3.05) is 5.32 Å². The molecule has 1 aromatic rings. The molecule has 1 amide bonds. The number of rotatable bonds is 4. The number of aliphatic carboxylic acids is 1. The van der Waals surface area contributed by atoms with E-state index in [1.165, 1.54) is 18.2 Å². The molecule has 1 aromatic carbocycles. The number of benzene rings is 1. The zero-order valence-corrected chi connectivity index (χ0v) is 11.8. The number of nitro benzene ring substituents is 1. The Hall–Kier alpha value is -1.96. The fourth-order valence-corrected chi connectivity index (χ4v) is 2.50. The molecule has 0 aromatic heterocycles. The Kier molecular flexibility index (Phi) is 3.76. The van der Waals surface area contributed by atoms with Crippen LogP contribution in [0.1, 0.15) is 19.3 Å². The van der Waals surface area contributed by atoms with Crippen LogP contribution in [-0.2, 0) is 9.59 Å². The Bertz CT molecular complexity index is 598. The molecule has 1 saturated carbocycles. The molecule has 0 spiro atoms. The summed E-state index contributed by atoms with van der Waals surface area (Å²) in [5.74, 6) is -1.73. The Morgan fingerprint density at radius 1 is 1.40 bits per heavy atom. The molecule has 8 heteroatoms. The minimum Gasteiger partial charge on any atom is -0.480 e. The Balaban J connectivity index is 2.20. The van der Waals surface area contributed by atoms with E-state index < -0.39 is 22.2 Å². The molecule has 0 aliphatic heterocycles. The van der Waals surface area contributed by atoms with E-state index >= 15 is 0 Å². The highest BCUT2D eigenvalue weighted by Crippen LogP contribution is 2.42. The number of halogens is 1. The number of nitro groups is 1. The smallest absolute Gasteiger partial charge is 0.319 e. The Morgan fingerprint density at radius 2 is 2.05 bits per heavy atom. The first-order chi connectivity index (χ1) is 9.36. The second-order valence-corrected chi connectivity index (χ2v) is 5.47. The van der Waals surface area contributed by atoms with Gasteiger partial charge in [0, 0.05) is 16.6 Å². The maximum absolute atomic E-state index is 12.1. The maximum atomic E-state index is 12.1. The van der Waals surface area contributed by atoms with Gasteiger partial charge in [-0.3, -0.25) is 19.7 Å². The van der Waals surface area contributed by atoms with Crippen molar-refractivity contribution in [3.8, 4) is 0 Å². The monoisotopic (exact) mass is 342 g/mol. The van der Waals surface area contributed by atoms with E-state index in [4.69, 9.17) is 5.11 Å². The van der Waals surface area contributed by atoms with Gasteiger partial charge in [-0.25, -0.2) is 0 Å². The van der Waals surface area contributed by atoms with Gasteiger partial charge >= 0.3 is 5.97 Å². The number of non-ortho nitro benzene ring substituents is 1. The van der Waals surface area contributed by atoms with Crippen molar-refractivity contribution in [2.45, 2.75) is 19.3 Å². The molecule has 0 saturated heterocycles. The molecule has 0 radical (unpaired) electrons. The lowest BCUT2D eigenvalue weighted by Gasteiger charge is -2.35. The van der Waals surface area contributed by atoms with Crippen LogP contribution in [0, 0.1) is 15.5 Å². The Labute approximate surface area is 122 Å². The van der Waals surface area contributed by atoms with Gasteiger partial charge in [0.1, 0.15) is 5.41 Å². The average Bonchev–Trinajstić information content (AvgIpc) is 2.29. The largest absolute Gasteiger partial charge is 0.480 e. The van der Waals surface area contributed by atoms with E-state index in [0.717, 1.165) is 0 Å². The number of carboxylic acids is 1. The standard InChI is InChI=1S/C12H11BrN2O5/c13-8-6-7(15(19)20)2-3-9(8)14-10(16)12(11(17)18)4-1-5-12/h2-3,6H,1,4-5H2,(H,14,16)(H,17,18). The van der Waals surface area contributed by atoms with Crippen LogP contribution in [0.3, 0.4) is 0 Å². The normalized spacial score (nSPS) is 16.1. The summed E-state index contributed by atoms with van der Waals surface area (Å²) in [5.41, 5.74) is -1.18. The molecular formula is C12H11BrN2O5. The molecule has 0 atom stereocenters. The molecule has 1 aliphatic rings. The lowest BCUT2D eigenvalue weighted by Crippen LogP contribution is -2.48. The van der Waals surface area contributed by atoms with Crippen LogP contribution < -0.4 is 5.32 Å². The van der Waals surface area contributed by atoms with E-state index in [0.29, 0.717) is 29.4 Å². The number of carboxylic acid groups (broad SMARTS) is 1. The molecule has 2 rings (SSSR count). The second kappa shape index (κ2) is 5.20. The van der Waals surface area contributed by atoms with Crippen LogP contribution in [0.4, 0.5) is 11.4 Å². The summed E-state index contributed by atoms with van der Waals surface area (Å²) in [6.07, 6.45) is 1.30. The number of amides is 1. The molecule has 0 bridgehead atoms. The quantitative estimate of drug-likeness (QED) is 0.496. The van der Waals surface area contributed by atoms with Crippen molar-refractivity contribution in [2.24, 2.45) is 5.41 Å². The fourth-order valence-electron chi connectivity index (χ4n) is 2.03. The maximum Gasteiger partial charge on any atom is 0.319 e. The van der Waals surface area contributed by atoms with Crippen LogP contribution in [-0.4, -0.2) is 21.9 Å². The average molecular weight is 343 g/mol. The molecule has 106 valence electrons. The summed E-state index contributed by atoms with van der Waals surface area (Å²) in [6, 6.07) is 3.87. The molecule has 2 N–H and O–H groups in total. The number of anilines is 1. The van der Waals surface area contributed by atoms with E-state index in [9.17, 15) is 19.7 Å². The second-order valence-electron chi connectivity index (χ2n) is 4.62. The van der Waals surface area contributed by atoms with E-state index in [-0.39, 0.29) is 5.69 Å². The zero-order valence-electron chi connectivity index (χ0n) is 10.3. The van der Waals surface area contributed by atoms with Crippen molar-refractivity contribution < 1.29 is 19.6 Å². The minimum atomic E-state index is -1.37. The summed E-state index contributed by atoms with van der Waals surface area (Å²) in [5, 5.41) is 22.3. The molecular weight excluding hydrogens is 332 g/mol. The van der Waals surface area contributed by atoms with Crippen LogP contribution in [0.25, 0.3) is 0 Å². The molecule has 1 aliphatic carbocycles. The summed E-state index contributed by atoms with van der Waals surface area (Å²) in [6.45, 7) is 0. The molecule has 20 heavy (non-hydrogen) atoms. The van der Waals surface area contributed by atoms with Crippen LogP contribution >= 0.6 is 15.9 Å². The van der Waals surface area contributed by atoms with E-state index in [2.05, 4.69) is 21.2 Å². The van der Waals surface area contributed by atoms with E-state index in [1.54, 1.807) is 0 Å². The van der Waals surface area contributed by atoms with Gasteiger partial charge in [0.15, 0.2) is 0 Å². The van der Waals surface area contributed by atoms with Gasteiger partial charge in [-0.15, -0.1) is 0 Å². The van der Waals surface area contributed by atoms with Crippen molar-refractivity contribution in [1.29, 1.82) is 0 Å². The number of hydrogen-bond donors (Lipinski definition) is 2. The zero-order chi connectivity index (χ0) is 14.9. The third-order valence-electron chi connectivity index (χ3n) is 3.46. The van der Waals surface area contributed by atoms with Crippen molar-refractivity contribution in [3.63, 3.8) is 0 Å². The van der Waals surface area contributed by atoms with Crippen molar-refractivity contribution >= 4 is 39.2 Å². The molecule has 0 unspecified atom stereocenters. The summed E-state index contributed by atoms with van der Waals surface area (Å²) >= 11 is 3.12. The molecule has 0 heterocycles. The third kappa shape index (κ3) is 2.38. The fraction of sp³-hybridized carbons (Fsp3) is 0.333. The predicted molar refractivity (Wildman–Crippen MR) is 73.3 cm³/mol. The highest BCUT2D eigenvalue weighted by molar-refractivity contribution is 9.10. The third-order valence-corrected chi connectivity index (χ3v) is 4.12.